The van der Waals surface area contributed by atoms with Crippen LogP contribution in [-0.2, 0) is 11.0 Å². The van der Waals surface area contributed by atoms with E-state index < -0.39 is 11.7 Å². The topological polar surface area (TPSA) is 56.8 Å². The number of amides is 1. The van der Waals surface area contributed by atoms with E-state index in [2.05, 4.69) is 5.32 Å². The molecule has 1 aliphatic heterocycles. The molecule has 0 saturated carbocycles. The Labute approximate surface area is 134 Å². The summed E-state index contributed by atoms with van der Waals surface area (Å²) < 4.78 is 54.6. The molecule has 0 saturated heterocycles. The second kappa shape index (κ2) is 6.31. The van der Waals surface area contributed by atoms with Crippen molar-refractivity contribution in [1.29, 1.82) is 0 Å². The Bertz CT molecular complexity index is 761. The average Bonchev–Trinajstić information content (AvgIpc) is 2.55. The van der Waals surface area contributed by atoms with Gasteiger partial charge in [0.2, 0.25) is 6.41 Å². The van der Waals surface area contributed by atoms with E-state index in [1.807, 2.05) is 0 Å². The van der Waals surface area contributed by atoms with Crippen LogP contribution in [-0.4, -0.2) is 19.6 Å². The molecule has 1 N–H and O–H groups in total. The molecule has 0 fully saturated rings. The van der Waals surface area contributed by atoms with Gasteiger partial charge in [-0.2, -0.15) is 13.2 Å². The first-order valence-corrected chi connectivity index (χ1v) is 6.96. The van der Waals surface area contributed by atoms with Crippen LogP contribution in [0.25, 0.3) is 0 Å². The van der Waals surface area contributed by atoms with E-state index in [1.165, 1.54) is 24.3 Å². The average molecular weight is 339 g/mol. The number of carbonyl (C=O) groups excluding carboxylic acids is 1. The Morgan fingerprint density at radius 1 is 1.08 bits per heavy atom. The van der Waals surface area contributed by atoms with Gasteiger partial charge < -0.3 is 19.5 Å². The first-order valence-electron chi connectivity index (χ1n) is 6.96. The molecule has 0 bridgehead atoms. The number of nitrogens with one attached hydrogen (secondary N) is 1. The summed E-state index contributed by atoms with van der Waals surface area (Å²) in [6.45, 7) is 0.648. The summed E-state index contributed by atoms with van der Waals surface area (Å²) in [5.41, 5.74) is -0.507. The normalized spacial score (nSPS) is 13.3. The van der Waals surface area contributed by atoms with Crippen molar-refractivity contribution in [3.63, 3.8) is 0 Å². The van der Waals surface area contributed by atoms with Crippen LogP contribution in [0.5, 0.6) is 23.0 Å². The maximum Gasteiger partial charge on any atom is 0.416 e. The molecular formula is C16H12F3NO4. The number of hydrogen-bond donors (Lipinski definition) is 1. The van der Waals surface area contributed by atoms with Crippen molar-refractivity contribution in [2.75, 3.05) is 18.5 Å². The Kier molecular flexibility index (Phi) is 4.20. The van der Waals surface area contributed by atoms with E-state index in [9.17, 15) is 18.0 Å². The number of alkyl halides is 3. The number of halogens is 3. The fourth-order valence-corrected chi connectivity index (χ4v) is 2.23. The first kappa shape index (κ1) is 16.0. The largest absolute Gasteiger partial charge is 0.486 e. The van der Waals surface area contributed by atoms with Crippen LogP contribution in [0, 0.1) is 0 Å². The number of benzene rings is 2. The Morgan fingerprint density at radius 3 is 2.62 bits per heavy atom. The van der Waals surface area contributed by atoms with E-state index in [1.54, 1.807) is 0 Å². The molecule has 3 rings (SSSR count). The van der Waals surface area contributed by atoms with Crippen molar-refractivity contribution in [2.45, 2.75) is 6.18 Å². The van der Waals surface area contributed by atoms with Gasteiger partial charge in [0.05, 0.1) is 11.3 Å². The summed E-state index contributed by atoms with van der Waals surface area (Å²) in [6, 6.07) is 7.44. The summed E-state index contributed by atoms with van der Waals surface area (Å²) in [4.78, 5) is 10.7. The van der Waals surface area contributed by atoms with Gasteiger partial charge >= 0.3 is 6.18 Å². The number of hydrogen-bond acceptors (Lipinski definition) is 4. The van der Waals surface area contributed by atoms with E-state index >= 15 is 0 Å². The summed E-state index contributed by atoms with van der Waals surface area (Å²) in [5, 5.41) is 2.45. The third-order valence-electron chi connectivity index (χ3n) is 3.23. The highest BCUT2D eigenvalue weighted by Crippen LogP contribution is 2.42. The predicted octanol–water partition coefficient (Wildman–Crippen LogP) is 3.84. The van der Waals surface area contributed by atoms with E-state index in [0.29, 0.717) is 36.8 Å². The molecule has 126 valence electrons. The first-order chi connectivity index (χ1) is 11.5. The number of ether oxygens (including phenoxy) is 3. The fourth-order valence-electron chi connectivity index (χ4n) is 2.23. The Morgan fingerprint density at radius 2 is 1.88 bits per heavy atom. The lowest BCUT2D eigenvalue weighted by molar-refractivity contribution is -0.137. The molecule has 5 nitrogen and oxygen atoms in total. The Balaban J connectivity index is 1.93. The molecule has 0 aromatic heterocycles. The number of fused-ring (bicyclic) bond motifs is 1. The van der Waals surface area contributed by atoms with Crippen molar-refractivity contribution in [2.24, 2.45) is 0 Å². The van der Waals surface area contributed by atoms with Gasteiger partial charge in [0.1, 0.15) is 24.7 Å². The zero-order valence-electron chi connectivity index (χ0n) is 12.2. The van der Waals surface area contributed by atoms with Crippen molar-refractivity contribution in [1.82, 2.24) is 0 Å². The van der Waals surface area contributed by atoms with Crippen LogP contribution in [0.15, 0.2) is 36.4 Å². The maximum atomic E-state index is 12.8. The molecule has 0 unspecified atom stereocenters. The minimum atomic E-state index is -4.46. The zero-order chi connectivity index (χ0) is 17.2. The van der Waals surface area contributed by atoms with Gasteiger partial charge in [0.25, 0.3) is 0 Å². The molecule has 0 radical (unpaired) electrons. The van der Waals surface area contributed by atoms with Gasteiger partial charge in [-0.3, -0.25) is 4.79 Å². The molecule has 1 aliphatic rings. The summed E-state index contributed by atoms with van der Waals surface area (Å²) in [5.74, 6) is 0.918. The highest BCUT2D eigenvalue weighted by Gasteiger charge is 2.30. The second-order valence-electron chi connectivity index (χ2n) is 4.88. The molecule has 0 aliphatic carbocycles. The molecule has 1 heterocycles. The lowest BCUT2D eigenvalue weighted by Crippen LogP contribution is -2.16. The van der Waals surface area contributed by atoms with E-state index in [-0.39, 0.29) is 11.5 Å². The fraction of sp³-hybridized carbons (Fsp3) is 0.188. The molecule has 2 aromatic carbocycles. The third-order valence-corrected chi connectivity index (χ3v) is 3.23. The minimum absolute atomic E-state index is 0.0126. The Hall–Kier alpha value is -2.90. The molecule has 8 heteroatoms. The van der Waals surface area contributed by atoms with Gasteiger partial charge in [-0.25, -0.2) is 0 Å². The molecule has 2 aromatic rings. The number of carbonyl (C=O) groups is 1. The monoisotopic (exact) mass is 339 g/mol. The maximum absolute atomic E-state index is 12.8. The molecule has 0 atom stereocenters. The highest BCUT2D eigenvalue weighted by atomic mass is 19.4. The highest BCUT2D eigenvalue weighted by molar-refractivity contribution is 5.79. The molecule has 0 spiro atoms. The number of rotatable bonds is 4. The van der Waals surface area contributed by atoms with Gasteiger partial charge in [0, 0.05) is 12.1 Å². The van der Waals surface area contributed by atoms with Crippen molar-refractivity contribution in [3.8, 4) is 23.0 Å². The summed E-state index contributed by atoms with van der Waals surface area (Å²) in [6.07, 6.45) is -4.00. The van der Waals surface area contributed by atoms with Crippen LogP contribution in [0.2, 0.25) is 0 Å². The van der Waals surface area contributed by atoms with Crippen LogP contribution in [0.1, 0.15) is 5.56 Å². The quantitative estimate of drug-likeness (QED) is 0.860. The molecule has 1 amide bonds. The van der Waals surface area contributed by atoms with Crippen LogP contribution >= 0.6 is 0 Å². The lowest BCUT2D eigenvalue weighted by Gasteiger charge is -2.21. The van der Waals surface area contributed by atoms with Crippen molar-refractivity contribution in [3.05, 3.63) is 42.0 Å². The number of anilines is 1. The van der Waals surface area contributed by atoms with Crippen molar-refractivity contribution < 1.29 is 32.2 Å². The van der Waals surface area contributed by atoms with Crippen molar-refractivity contribution >= 4 is 12.1 Å². The molecule has 24 heavy (non-hydrogen) atoms. The smallest absolute Gasteiger partial charge is 0.416 e. The molecular weight excluding hydrogens is 327 g/mol. The van der Waals surface area contributed by atoms with Gasteiger partial charge in [-0.15, -0.1) is 0 Å². The van der Waals surface area contributed by atoms with E-state index in [0.717, 1.165) is 12.1 Å². The SMILES string of the molecule is O=CNc1cc(Oc2cccc(C(F)(F)F)c2)cc2c1OCCO2. The van der Waals surface area contributed by atoms with Gasteiger partial charge in [-0.1, -0.05) is 6.07 Å². The standard InChI is InChI=1S/C16H12F3NO4/c17-16(18,19)10-2-1-3-11(6-10)24-12-7-13(20-9-21)15-14(8-12)22-4-5-23-15/h1-3,6-9H,4-5H2,(H,20,21). The van der Waals surface area contributed by atoms with Gasteiger partial charge in [0.15, 0.2) is 11.5 Å². The lowest BCUT2D eigenvalue weighted by atomic mass is 10.2. The van der Waals surface area contributed by atoms with Crippen LogP contribution in [0.3, 0.4) is 0 Å². The van der Waals surface area contributed by atoms with Gasteiger partial charge in [-0.05, 0) is 18.2 Å². The van der Waals surface area contributed by atoms with Crippen LogP contribution < -0.4 is 19.5 Å². The minimum Gasteiger partial charge on any atom is -0.486 e. The summed E-state index contributed by atoms with van der Waals surface area (Å²) in [7, 11) is 0. The van der Waals surface area contributed by atoms with Crippen LogP contribution in [0.4, 0.5) is 18.9 Å². The zero-order valence-corrected chi connectivity index (χ0v) is 12.2. The predicted molar refractivity (Wildman–Crippen MR) is 78.6 cm³/mol. The summed E-state index contributed by atoms with van der Waals surface area (Å²) >= 11 is 0. The van der Waals surface area contributed by atoms with E-state index in [4.69, 9.17) is 14.2 Å². The third kappa shape index (κ3) is 3.37. The second-order valence-corrected chi connectivity index (χ2v) is 4.88.